The number of halogens is 1. The van der Waals surface area contributed by atoms with E-state index in [1.54, 1.807) is 18.4 Å². The van der Waals surface area contributed by atoms with Gasteiger partial charge in [0.1, 0.15) is 5.75 Å². The zero-order valence-corrected chi connectivity index (χ0v) is 24.1. The molecule has 3 aromatic rings. The lowest BCUT2D eigenvalue weighted by atomic mass is 9.96. The van der Waals surface area contributed by atoms with E-state index in [-0.39, 0.29) is 18.3 Å². The van der Waals surface area contributed by atoms with Gasteiger partial charge < -0.3 is 14.4 Å². The summed E-state index contributed by atoms with van der Waals surface area (Å²) in [6.45, 7) is 7.69. The summed E-state index contributed by atoms with van der Waals surface area (Å²) >= 11 is 4.92. The van der Waals surface area contributed by atoms with E-state index in [9.17, 15) is 9.59 Å². The molecule has 0 amide bonds. The van der Waals surface area contributed by atoms with Gasteiger partial charge in [0.25, 0.3) is 5.56 Å². The van der Waals surface area contributed by atoms with E-state index in [1.165, 1.54) is 11.3 Å². The van der Waals surface area contributed by atoms with Gasteiger partial charge in [0.05, 0.1) is 40.2 Å². The van der Waals surface area contributed by atoms with Crippen LogP contribution in [0, 0.1) is 0 Å². The Morgan fingerprint density at radius 2 is 1.92 bits per heavy atom. The molecule has 4 rings (SSSR count). The van der Waals surface area contributed by atoms with Crippen molar-refractivity contribution in [2.24, 2.45) is 4.99 Å². The summed E-state index contributed by atoms with van der Waals surface area (Å²) in [4.78, 5) is 34.0. The zero-order chi connectivity index (χ0) is 26.9. The predicted molar refractivity (Wildman–Crippen MR) is 151 cm³/mol. The van der Waals surface area contributed by atoms with Gasteiger partial charge in [-0.05, 0) is 85.1 Å². The van der Waals surface area contributed by atoms with Crippen LogP contribution in [0.2, 0.25) is 0 Å². The second kappa shape index (κ2) is 11.1. The number of carbonyl (C=O) groups excluding carboxylic acids is 1. The Labute approximate surface area is 228 Å². The fraction of sp³-hybridized carbons (Fsp3) is 0.321. The minimum Gasteiger partial charge on any atom is -0.491 e. The number of carbonyl (C=O) groups is 1. The second-order valence-corrected chi connectivity index (χ2v) is 11.0. The number of allylic oxidation sites excluding steroid dienone is 1. The van der Waals surface area contributed by atoms with Crippen molar-refractivity contribution in [1.82, 2.24) is 4.57 Å². The number of fused-ring (bicyclic) bond motifs is 1. The molecule has 9 heteroatoms. The Morgan fingerprint density at radius 3 is 2.51 bits per heavy atom. The highest BCUT2D eigenvalue weighted by Gasteiger charge is 2.33. The van der Waals surface area contributed by atoms with Gasteiger partial charge in [-0.2, -0.15) is 0 Å². The zero-order valence-electron chi connectivity index (χ0n) is 21.7. The normalized spacial score (nSPS) is 15.5. The molecule has 0 N–H and O–H groups in total. The van der Waals surface area contributed by atoms with Gasteiger partial charge in [0.15, 0.2) is 4.80 Å². The third-order valence-corrected chi connectivity index (χ3v) is 7.45. The first kappa shape index (κ1) is 26.9. The Morgan fingerprint density at radius 1 is 1.22 bits per heavy atom. The largest absolute Gasteiger partial charge is 0.491 e. The standard InChI is InChI=1S/C28H30BrN3O4S/c1-7-35-27(34)24-17(4)30-28-32(25(24)19-9-11-20(12-10-19)36-16(2)3)26(33)23(37-28)15-18-8-13-22(31(5)6)21(29)14-18/h8-16,25H,7H2,1-6H3/b23-15-/t25-/m0/s1. The van der Waals surface area contributed by atoms with Crippen LogP contribution >= 0.6 is 27.3 Å². The van der Waals surface area contributed by atoms with E-state index in [1.807, 2.05) is 81.4 Å². The smallest absolute Gasteiger partial charge is 0.338 e. The molecule has 1 aliphatic rings. The summed E-state index contributed by atoms with van der Waals surface area (Å²) in [7, 11) is 3.95. The molecule has 37 heavy (non-hydrogen) atoms. The summed E-state index contributed by atoms with van der Waals surface area (Å²) in [5, 5.41) is 0. The number of aromatic nitrogens is 1. The lowest BCUT2D eigenvalue weighted by Crippen LogP contribution is -2.39. The molecule has 1 aromatic heterocycles. The fourth-order valence-corrected chi connectivity index (χ4v) is 6.03. The molecule has 0 aliphatic carbocycles. The van der Waals surface area contributed by atoms with Gasteiger partial charge in [-0.1, -0.05) is 29.5 Å². The maximum atomic E-state index is 13.8. The van der Waals surface area contributed by atoms with Gasteiger partial charge in [-0.15, -0.1) is 0 Å². The molecular weight excluding hydrogens is 554 g/mol. The Bertz CT molecular complexity index is 1530. The number of thiazole rings is 1. The quantitative estimate of drug-likeness (QED) is 0.385. The molecule has 1 aliphatic heterocycles. The van der Waals surface area contributed by atoms with Gasteiger partial charge in [0.2, 0.25) is 0 Å². The van der Waals surface area contributed by atoms with Crippen LogP contribution in [0.25, 0.3) is 6.08 Å². The lowest BCUT2D eigenvalue weighted by molar-refractivity contribution is -0.139. The van der Waals surface area contributed by atoms with Crippen molar-refractivity contribution in [3.63, 3.8) is 0 Å². The highest BCUT2D eigenvalue weighted by atomic mass is 79.9. The molecule has 0 bridgehead atoms. The van der Waals surface area contributed by atoms with E-state index in [0.717, 1.165) is 27.0 Å². The molecule has 7 nitrogen and oxygen atoms in total. The van der Waals surface area contributed by atoms with Crippen LogP contribution in [-0.2, 0) is 9.53 Å². The number of benzene rings is 2. The summed E-state index contributed by atoms with van der Waals surface area (Å²) in [5.74, 6) is 0.241. The van der Waals surface area contributed by atoms with Crippen molar-refractivity contribution in [2.45, 2.75) is 39.8 Å². The summed E-state index contributed by atoms with van der Waals surface area (Å²) < 4.78 is 14.2. The molecule has 1 atom stereocenters. The number of ether oxygens (including phenoxy) is 2. The number of anilines is 1. The average Bonchev–Trinajstić information content (AvgIpc) is 3.12. The van der Waals surface area contributed by atoms with Crippen molar-refractivity contribution in [3.8, 4) is 5.75 Å². The van der Waals surface area contributed by atoms with Gasteiger partial charge in [-0.3, -0.25) is 9.36 Å². The van der Waals surface area contributed by atoms with Crippen molar-refractivity contribution in [1.29, 1.82) is 0 Å². The highest BCUT2D eigenvalue weighted by molar-refractivity contribution is 9.10. The van der Waals surface area contributed by atoms with Crippen LogP contribution < -0.4 is 24.5 Å². The van der Waals surface area contributed by atoms with Crippen LogP contribution in [0.4, 0.5) is 5.69 Å². The molecule has 0 unspecified atom stereocenters. The maximum absolute atomic E-state index is 13.8. The fourth-order valence-electron chi connectivity index (χ4n) is 4.23. The first-order valence-electron chi connectivity index (χ1n) is 12.0. The van der Waals surface area contributed by atoms with E-state index < -0.39 is 12.0 Å². The molecule has 2 heterocycles. The second-order valence-electron chi connectivity index (χ2n) is 9.14. The first-order chi connectivity index (χ1) is 17.6. The van der Waals surface area contributed by atoms with Crippen LogP contribution in [0.3, 0.4) is 0 Å². The van der Waals surface area contributed by atoms with Gasteiger partial charge in [0, 0.05) is 18.6 Å². The molecule has 2 aromatic carbocycles. The van der Waals surface area contributed by atoms with Crippen LogP contribution in [0.1, 0.15) is 44.9 Å². The van der Waals surface area contributed by atoms with E-state index in [4.69, 9.17) is 9.47 Å². The first-order valence-corrected chi connectivity index (χ1v) is 13.6. The van der Waals surface area contributed by atoms with Crippen LogP contribution in [0.5, 0.6) is 5.75 Å². The summed E-state index contributed by atoms with van der Waals surface area (Å²) in [5.41, 5.74) is 3.39. The number of nitrogens with zero attached hydrogens (tertiary/aromatic N) is 3. The predicted octanol–water partition coefficient (Wildman–Crippen LogP) is 4.41. The number of rotatable bonds is 7. The Kier molecular flexibility index (Phi) is 8.04. The third kappa shape index (κ3) is 5.57. The van der Waals surface area contributed by atoms with Crippen molar-refractivity contribution in [2.75, 3.05) is 25.6 Å². The summed E-state index contributed by atoms with van der Waals surface area (Å²) in [6, 6.07) is 12.8. The number of hydrogen-bond acceptors (Lipinski definition) is 7. The van der Waals surface area contributed by atoms with Crippen molar-refractivity contribution in [3.05, 3.63) is 89.0 Å². The van der Waals surface area contributed by atoms with Gasteiger partial charge in [-0.25, -0.2) is 9.79 Å². The summed E-state index contributed by atoms with van der Waals surface area (Å²) in [6.07, 6.45) is 1.89. The monoisotopic (exact) mass is 583 g/mol. The maximum Gasteiger partial charge on any atom is 0.338 e. The Balaban J connectivity index is 1.87. The molecule has 0 saturated carbocycles. The molecule has 0 saturated heterocycles. The van der Waals surface area contributed by atoms with Crippen LogP contribution in [-0.4, -0.2) is 37.3 Å². The number of esters is 1. The average molecular weight is 585 g/mol. The van der Waals surface area contributed by atoms with Gasteiger partial charge >= 0.3 is 5.97 Å². The van der Waals surface area contributed by atoms with E-state index >= 15 is 0 Å². The van der Waals surface area contributed by atoms with Crippen molar-refractivity contribution >= 4 is 45.0 Å². The van der Waals surface area contributed by atoms with Crippen LogP contribution in [0.15, 0.2) is 68.0 Å². The molecule has 194 valence electrons. The lowest BCUT2D eigenvalue weighted by Gasteiger charge is -2.25. The molecule has 0 radical (unpaired) electrons. The highest BCUT2D eigenvalue weighted by Crippen LogP contribution is 2.32. The van der Waals surface area contributed by atoms with Crippen molar-refractivity contribution < 1.29 is 14.3 Å². The SMILES string of the molecule is CCOC(=O)C1=C(C)N=c2s/c(=C\c3ccc(N(C)C)c(Br)c3)c(=O)n2[C@H]1c1ccc(OC(C)C)cc1. The number of hydrogen-bond donors (Lipinski definition) is 0. The third-order valence-electron chi connectivity index (χ3n) is 5.84. The topological polar surface area (TPSA) is 73.1 Å². The Hall–Kier alpha value is -3.17. The minimum atomic E-state index is -0.659. The van der Waals surface area contributed by atoms with E-state index in [2.05, 4.69) is 20.9 Å². The van der Waals surface area contributed by atoms with E-state index in [0.29, 0.717) is 20.6 Å². The minimum absolute atomic E-state index is 0.0348. The molecule has 0 spiro atoms. The molecule has 0 fully saturated rings. The molecular formula is C28H30BrN3O4S.